The molecule has 0 aliphatic heterocycles. The Hall–Kier alpha value is -1.70. The van der Waals surface area contributed by atoms with E-state index in [0.29, 0.717) is 17.1 Å². The first-order chi connectivity index (χ1) is 8.33. The fourth-order valence-electron chi connectivity index (χ4n) is 1.13. The van der Waals surface area contributed by atoms with E-state index in [2.05, 4.69) is 37.3 Å². The molecule has 90 valence electrons. The van der Waals surface area contributed by atoms with Gasteiger partial charge in [-0.15, -0.1) is 0 Å². The van der Waals surface area contributed by atoms with Crippen molar-refractivity contribution in [2.75, 3.05) is 18.1 Å². The average molecular weight is 251 g/mol. The Morgan fingerprint density at radius 1 is 1.35 bits per heavy atom. The normalized spacial score (nSPS) is 10.5. The first kappa shape index (κ1) is 11.8. The molecule has 0 saturated heterocycles. The summed E-state index contributed by atoms with van der Waals surface area (Å²) in [4.78, 5) is 16.7. The molecular formula is C9H13N7S. The molecule has 0 spiro atoms. The maximum Gasteiger partial charge on any atom is 0.257 e. The Kier molecular flexibility index (Phi) is 3.86. The van der Waals surface area contributed by atoms with Crippen molar-refractivity contribution in [3.05, 3.63) is 12.7 Å². The lowest BCUT2D eigenvalue weighted by atomic mass is 10.6. The largest absolute Gasteiger partial charge is 0.357 e. The van der Waals surface area contributed by atoms with Crippen LogP contribution in [0.25, 0.3) is 5.95 Å². The number of rotatable bonds is 5. The van der Waals surface area contributed by atoms with Gasteiger partial charge in [-0.05, 0) is 6.42 Å². The van der Waals surface area contributed by atoms with Gasteiger partial charge in [-0.3, -0.25) is 0 Å². The molecule has 1 N–H and O–H groups in total. The molecule has 7 nitrogen and oxygen atoms in total. The van der Waals surface area contributed by atoms with E-state index < -0.39 is 0 Å². The molecule has 2 aromatic heterocycles. The maximum absolute atomic E-state index is 4.32. The van der Waals surface area contributed by atoms with Crippen molar-refractivity contribution in [1.82, 2.24) is 29.7 Å². The van der Waals surface area contributed by atoms with Gasteiger partial charge in [0.15, 0.2) is 5.16 Å². The van der Waals surface area contributed by atoms with Gasteiger partial charge in [0, 0.05) is 12.8 Å². The molecule has 0 unspecified atom stereocenters. The van der Waals surface area contributed by atoms with E-state index in [1.54, 1.807) is 25.1 Å². The van der Waals surface area contributed by atoms with Crippen molar-refractivity contribution in [2.24, 2.45) is 0 Å². The minimum atomic E-state index is 0.473. The van der Waals surface area contributed by atoms with E-state index in [4.69, 9.17) is 0 Å². The Morgan fingerprint density at radius 2 is 2.24 bits per heavy atom. The van der Waals surface area contributed by atoms with Gasteiger partial charge in [0.2, 0.25) is 5.95 Å². The molecule has 2 heterocycles. The molecule has 0 amide bonds. The van der Waals surface area contributed by atoms with E-state index in [1.807, 2.05) is 0 Å². The molecule has 0 radical (unpaired) electrons. The molecule has 0 fully saturated rings. The van der Waals surface area contributed by atoms with Gasteiger partial charge in [0.05, 0.1) is 0 Å². The van der Waals surface area contributed by atoms with Crippen LogP contribution in [0.1, 0.15) is 13.3 Å². The van der Waals surface area contributed by atoms with Crippen molar-refractivity contribution >= 4 is 17.7 Å². The number of thioether (sulfide) groups is 1. The minimum Gasteiger partial charge on any atom is -0.357 e. The van der Waals surface area contributed by atoms with Crippen molar-refractivity contribution in [2.45, 2.75) is 18.5 Å². The van der Waals surface area contributed by atoms with Crippen molar-refractivity contribution < 1.29 is 0 Å². The van der Waals surface area contributed by atoms with Crippen molar-refractivity contribution in [1.29, 1.82) is 0 Å². The van der Waals surface area contributed by atoms with Crippen LogP contribution in [-0.2, 0) is 0 Å². The van der Waals surface area contributed by atoms with E-state index in [-0.39, 0.29) is 0 Å². The molecular weight excluding hydrogens is 238 g/mol. The predicted octanol–water partition coefficient (Wildman–Crippen LogP) is 0.996. The highest BCUT2D eigenvalue weighted by Crippen LogP contribution is 2.16. The third-order valence-corrected chi connectivity index (χ3v) is 2.94. The summed E-state index contributed by atoms with van der Waals surface area (Å²) >= 11 is 1.60. The molecule has 0 saturated carbocycles. The Bertz CT molecular complexity index is 470. The molecule has 8 heteroatoms. The number of hydrogen-bond acceptors (Lipinski definition) is 7. The lowest BCUT2D eigenvalue weighted by Crippen LogP contribution is -2.08. The van der Waals surface area contributed by atoms with Gasteiger partial charge in [-0.1, -0.05) is 18.7 Å². The van der Waals surface area contributed by atoms with E-state index in [9.17, 15) is 0 Å². The third-order valence-electron chi connectivity index (χ3n) is 1.89. The fourth-order valence-corrected chi connectivity index (χ4v) is 1.81. The summed E-state index contributed by atoms with van der Waals surface area (Å²) in [6, 6.07) is 0. The first-order valence-electron chi connectivity index (χ1n) is 5.25. The highest BCUT2D eigenvalue weighted by molar-refractivity contribution is 7.99. The lowest BCUT2D eigenvalue weighted by molar-refractivity contribution is 0.760. The Morgan fingerprint density at radius 3 is 2.88 bits per heavy atom. The number of nitrogens with zero attached hydrogens (tertiary/aromatic N) is 6. The number of aromatic nitrogens is 6. The Balaban J connectivity index is 2.32. The van der Waals surface area contributed by atoms with Crippen molar-refractivity contribution in [3.63, 3.8) is 0 Å². The van der Waals surface area contributed by atoms with Crippen LogP contribution in [0.15, 0.2) is 17.8 Å². The molecule has 2 aromatic rings. The second-order valence-electron chi connectivity index (χ2n) is 3.18. The van der Waals surface area contributed by atoms with E-state index in [0.717, 1.165) is 12.2 Å². The van der Waals surface area contributed by atoms with Crippen LogP contribution in [0.5, 0.6) is 0 Å². The van der Waals surface area contributed by atoms with Crippen LogP contribution in [0.4, 0.5) is 5.95 Å². The van der Waals surface area contributed by atoms with Gasteiger partial charge >= 0.3 is 0 Å². The highest BCUT2D eigenvalue weighted by Gasteiger charge is 2.07. The average Bonchev–Trinajstić information content (AvgIpc) is 2.89. The predicted molar refractivity (Wildman–Crippen MR) is 65.3 cm³/mol. The summed E-state index contributed by atoms with van der Waals surface area (Å²) in [7, 11) is 1.77. The second-order valence-corrected chi connectivity index (χ2v) is 4.24. The fraction of sp³-hybridized carbons (Fsp3) is 0.444. The van der Waals surface area contributed by atoms with E-state index in [1.165, 1.54) is 11.0 Å². The summed E-state index contributed by atoms with van der Waals surface area (Å²) in [5.74, 6) is 1.98. The summed E-state index contributed by atoms with van der Waals surface area (Å²) in [6.07, 6.45) is 4.08. The summed E-state index contributed by atoms with van der Waals surface area (Å²) < 4.78 is 1.51. The molecule has 0 aromatic carbocycles. The van der Waals surface area contributed by atoms with Gasteiger partial charge in [0.25, 0.3) is 5.95 Å². The zero-order valence-electron chi connectivity index (χ0n) is 9.66. The Labute approximate surface area is 103 Å². The third kappa shape index (κ3) is 2.90. The topological polar surface area (TPSA) is 81.4 Å². The molecule has 0 aliphatic rings. The minimum absolute atomic E-state index is 0.473. The van der Waals surface area contributed by atoms with Crippen LogP contribution in [0.2, 0.25) is 0 Å². The lowest BCUT2D eigenvalue weighted by Gasteiger charge is -2.05. The summed E-state index contributed by atoms with van der Waals surface area (Å²) in [6.45, 7) is 2.12. The quantitative estimate of drug-likeness (QED) is 0.794. The smallest absolute Gasteiger partial charge is 0.257 e. The zero-order valence-corrected chi connectivity index (χ0v) is 10.5. The van der Waals surface area contributed by atoms with E-state index >= 15 is 0 Å². The molecule has 2 rings (SSSR count). The maximum atomic E-state index is 4.32. The summed E-state index contributed by atoms with van der Waals surface area (Å²) in [5.41, 5.74) is 0. The molecule has 0 atom stereocenters. The summed E-state index contributed by atoms with van der Waals surface area (Å²) in [5, 5.41) is 7.60. The molecule has 0 aliphatic carbocycles. The number of hydrogen-bond donors (Lipinski definition) is 1. The van der Waals surface area contributed by atoms with Crippen LogP contribution in [0, 0.1) is 0 Å². The zero-order chi connectivity index (χ0) is 12.1. The van der Waals surface area contributed by atoms with Crippen LogP contribution < -0.4 is 5.32 Å². The highest BCUT2D eigenvalue weighted by atomic mass is 32.2. The van der Waals surface area contributed by atoms with Gasteiger partial charge in [-0.25, -0.2) is 4.98 Å². The standard InChI is InChI=1S/C9H13N7S/c1-3-4-17-9-14-7(10-2)13-8(15-9)16-6-11-5-12-16/h5-6H,3-4H2,1-2H3,(H,10,13,14,15). The molecule has 0 bridgehead atoms. The van der Waals surface area contributed by atoms with Gasteiger partial charge < -0.3 is 5.32 Å². The van der Waals surface area contributed by atoms with Crippen LogP contribution >= 0.6 is 11.8 Å². The van der Waals surface area contributed by atoms with Gasteiger partial charge in [-0.2, -0.15) is 24.7 Å². The second kappa shape index (κ2) is 5.58. The van der Waals surface area contributed by atoms with Crippen LogP contribution in [0.3, 0.4) is 0 Å². The number of nitrogens with one attached hydrogen (secondary N) is 1. The monoisotopic (exact) mass is 251 g/mol. The SMILES string of the molecule is CCCSc1nc(NC)nc(-n2cncn2)n1. The first-order valence-corrected chi connectivity index (χ1v) is 6.23. The molecule has 17 heavy (non-hydrogen) atoms. The van der Waals surface area contributed by atoms with Crippen molar-refractivity contribution in [3.8, 4) is 5.95 Å². The van der Waals surface area contributed by atoms with Gasteiger partial charge in [0.1, 0.15) is 12.7 Å². The van der Waals surface area contributed by atoms with Crippen LogP contribution in [-0.4, -0.2) is 42.5 Å². The number of anilines is 1.